The molecule has 0 saturated carbocycles. The van der Waals surface area contributed by atoms with E-state index in [2.05, 4.69) is 23.1 Å². The molecular weight excluding hydrogens is 352 g/mol. The lowest BCUT2D eigenvalue weighted by molar-refractivity contribution is 0.0748. The fourth-order valence-corrected chi connectivity index (χ4v) is 4.31. The zero-order valence-corrected chi connectivity index (χ0v) is 16.4. The molecule has 2 heterocycles. The van der Waals surface area contributed by atoms with Gasteiger partial charge in [0.2, 0.25) is 0 Å². The van der Waals surface area contributed by atoms with Crippen LogP contribution in [0, 0.1) is 0 Å². The fourth-order valence-electron chi connectivity index (χ4n) is 4.31. The molecule has 2 N–H and O–H groups in total. The molecule has 28 heavy (non-hydrogen) atoms. The number of likely N-dealkylation sites (tertiary alicyclic amines) is 1. The number of aromatic hydroxyl groups is 2. The average Bonchev–Trinajstić information content (AvgIpc) is 3.12. The van der Waals surface area contributed by atoms with Gasteiger partial charge in [0.15, 0.2) is 0 Å². The Morgan fingerprint density at radius 3 is 2.46 bits per heavy atom. The van der Waals surface area contributed by atoms with Crippen molar-refractivity contribution in [3.05, 3.63) is 58.1 Å². The van der Waals surface area contributed by atoms with Crippen molar-refractivity contribution in [2.75, 3.05) is 13.1 Å². The van der Waals surface area contributed by atoms with Crippen LogP contribution >= 0.6 is 0 Å². The summed E-state index contributed by atoms with van der Waals surface area (Å²) in [4.78, 5) is 17.3. The van der Waals surface area contributed by atoms with E-state index in [1.54, 1.807) is 11.0 Å². The lowest BCUT2D eigenvalue weighted by Crippen LogP contribution is -2.29. The summed E-state index contributed by atoms with van der Waals surface area (Å²) in [6.45, 7) is 6.34. The third kappa shape index (κ3) is 3.72. The summed E-state index contributed by atoms with van der Waals surface area (Å²) >= 11 is 0. The molecule has 0 bridgehead atoms. The van der Waals surface area contributed by atoms with Crippen LogP contribution in [0.25, 0.3) is 0 Å². The van der Waals surface area contributed by atoms with Crippen molar-refractivity contribution in [3.8, 4) is 11.5 Å². The highest BCUT2D eigenvalue weighted by atomic mass is 16.3. The van der Waals surface area contributed by atoms with Crippen LogP contribution in [-0.2, 0) is 26.1 Å². The van der Waals surface area contributed by atoms with E-state index < -0.39 is 0 Å². The molecular formula is C23H28N2O3. The molecule has 2 aromatic carbocycles. The monoisotopic (exact) mass is 380 g/mol. The van der Waals surface area contributed by atoms with Crippen LogP contribution in [0.1, 0.15) is 58.8 Å². The van der Waals surface area contributed by atoms with Crippen molar-refractivity contribution in [2.24, 2.45) is 0 Å². The first-order chi connectivity index (χ1) is 13.5. The summed E-state index contributed by atoms with van der Waals surface area (Å²) in [7, 11) is 0. The van der Waals surface area contributed by atoms with Crippen LogP contribution in [0.5, 0.6) is 11.5 Å². The topological polar surface area (TPSA) is 64.0 Å². The molecule has 1 fully saturated rings. The van der Waals surface area contributed by atoms with Crippen LogP contribution in [-0.4, -0.2) is 39.0 Å². The first-order valence-electron chi connectivity index (χ1n) is 10.2. The van der Waals surface area contributed by atoms with Gasteiger partial charge in [-0.3, -0.25) is 9.69 Å². The van der Waals surface area contributed by atoms with Gasteiger partial charge in [-0.2, -0.15) is 0 Å². The van der Waals surface area contributed by atoms with Gasteiger partial charge in [-0.05, 0) is 60.7 Å². The number of benzene rings is 2. The molecule has 148 valence electrons. The third-order valence-corrected chi connectivity index (χ3v) is 5.94. The van der Waals surface area contributed by atoms with E-state index in [1.165, 1.54) is 55.1 Å². The zero-order valence-electron chi connectivity index (χ0n) is 16.4. The second-order valence-electron chi connectivity index (χ2n) is 7.95. The van der Waals surface area contributed by atoms with E-state index in [0.29, 0.717) is 25.1 Å². The molecule has 5 nitrogen and oxygen atoms in total. The van der Waals surface area contributed by atoms with Gasteiger partial charge in [0.25, 0.3) is 5.91 Å². The predicted molar refractivity (Wildman–Crippen MR) is 108 cm³/mol. The second kappa shape index (κ2) is 7.84. The van der Waals surface area contributed by atoms with Crippen molar-refractivity contribution in [1.29, 1.82) is 0 Å². The van der Waals surface area contributed by atoms with Crippen LogP contribution < -0.4 is 0 Å². The van der Waals surface area contributed by atoms with Crippen molar-refractivity contribution >= 4 is 5.91 Å². The van der Waals surface area contributed by atoms with Crippen molar-refractivity contribution in [3.63, 3.8) is 0 Å². The standard InChI is InChI=1S/C23H28N2O3/c1-2-17-11-20(22(27)12-21(17)26)23(28)25-14-18-7-6-16(10-19(18)15-25)13-24-8-4-3-5-9-24/h6-7,10-12,26-27H,2-5,8-9,13-15H2,1H3. The largest absolute Gasteiger partial charge is 0.508 e. The Labute approximate surface area is 166 Å². The van der Waals surface area contributed by atoms with Crippen LogP contribution in [0.2, 0.25) is 0 Å². The van der Waals surface area contributed by atoms with Crippen molar-refractivity contribution in [1.82, 2.24) is 9.80 Å². The van der Waals surface area contributed by atoms with Gasteiger partial charge in [-0.1, -0.05) is 31.5 Å². The summed E-state index contributed by atoms with van der Waals surface area (Å²) in [6.07, 6.45) is 4.50. The Morgan fingerprint density at radius 1 is 0.964 bits per heavy atom. The molecule has 5 heteroatoms. The highest BCUT2D eigenvalue weighted by molar-refractivity contribution is 5.97. The third-order valence-electron chi connectivity index (χ3n) is 5.94. The van der Waals surface area contributed by atoms with Gasteiger partial charge in [0.1, 0.15) is 11.5 Å². The SMILES string of the molecule is CCc1cc(C(=O)N2Cc3ccc(CN4CCCCC4)cc3C2)c(O)cc1O. The summed E-state index contributed by atoms with van der Waals surface area (Å²) in [6, 6.07) is 9.42. The molecule has 2 aliphatic rings. The Balaban J connectivity index is 1.49. The number of nitrogens with zero attached hydrogens (tertiary/aromatic N) is 2. The summed E-state index contributed by atoms with van der Waals surface area (Å²) < 4.78 is 0. The highest BCUT2D eigenvalue weighted by Gasteiger charge is 2.27. The maximum Gasteiger partial charge on any atom is 0.258 e. The van der Waals surface area contributed by atoms with E-state index >= 15 is 0 Å². The Hall–Kier alpha value is -2.53. The number of amides is 1. The molecule has 1 amide bonds. The Kier molecular flexibility index (Phi) is 5.27. The fraction of sp³-hybridized carbons (Fsp3) is 0.435. The number of rotatable bonds is 4. The minimum absolute atomic E-state index is 0.0311. The van der Waals surface area contributed by atoms with Crippen LogP contribution in [0.3, 0.4) is 0 Å². The molecule has 0 aromatic heterocycles. The smallest absolute Gasteiger partial charge is 0.258 e. The van der Waals surface area contributed by atoms with E-state index in [-0.39, 0.29) is 23.0 Å². The van der Waals surface area contributed by atoms with E-state index in [9.17, 15) is 15.0 Å². The van der Waals surface area contributed by atoms with Gasteiger partial charge >= 0.3 is 0 Å². The summed E-state index contributed by atoms with van der Waals surface area (Å²) in [5, 5.41) is 20.1. The normalized spacial score (nSPS) is 17.0. The number of phenols is 2. The molecule has 4 rings (SSSR count). The van der Waals surface area contributed by atoms with E-state index in [4.69, 9.17) is 0 Å². The molecule has 2 aliphatic heterocycles. The number of fused-ring (bicyclic) bond motifs is 1. The minimum atomic E-state index is -0.194. The second-order valence-corrected chi connectivity index (χ2v) is 7.95. The molecule has 0 spiro atoms. The van der Waals surface area contributed by atoms with Crippen LogP contribution in [0.4, 0.5) is 0 Å². The summed E-state index contributed by atoms with van der Waals surface area (Å²) in [5.41, 5.74) is 4.59. The zero-order chi connectivity index (χ0) is 19.7. The van der Waals surface area contributed by atoms with E-state index in [0.717, 1.165) is 6.54 Å². The first kappa shape index (κ1) is 18.8. The molecule has 0 atom stereocenters. The van der Waals surface area contributed by atoms with Crippen molar-refractivity contribution < 1.29 is 15.0 Å². The van der Waals surface area contributed by atoms with Gasteiger partial charge in [0, 0.05) is 25.7 Å². The number of phenolic OH excluding ortho intramolecular Hbond substituents is 2. The number of piperidine rings is 1. The molecule has 1 saturated heterocycles. The average molecular weight is 380 g/mol. The number of carbonyl (C=O) groups is 1. The van der Waals surface area contributed by atoms with E-state index in [1.807, 2.05) is 6.92 Å². The Bertz CT molecular complexity index is 888. The first-order valence-corrected chi connectivity index (χ1v) is 10.2. The quantitative estimate of drug-likeness (QED) is 0.847. The molecule has 0 aliphatic carbocycles. The number of aryl methyl sites for hydroxylation is 1. The predicted octanol–water partition coefficient (Wildman–Crippen LogP) is 3.80. The molecule has 2 aromatic rings. The maximum absolute atomic E-state index is 13.0. The summed E-state index contributed by atoms with van der Waals surface area (Å²) in [5.74, 6) is -0.328. The molecule has 0 unspecified atom stereocenters. The minimum Gasteiger partial charge on any atom is -0.508 e. The van der Waals surface area contributed by atoms with Gasteiger partial charge in [-0.15, -0.1) is 0 Å². The number of hydrogen-bond donors (Lipinski definition) is 2. The highest BCUT2D eigenvalue weighted by Crippen LogP contribution is 2.32. The number of hydrogen-bond acceptors (Lipinski definition) is 4. The maximum atomic E-state index is 13.0. The Morgan fingerprint density at radius 2 is 1.71 bits per heavy atom. The lowest BCUT2D eigenvalue weighted by atomic mass is 10.0. The van der Waals surface area contributed by atoms with Gasteiger partial charge in [-0.25, -0.2) is 0 Å². The number of carbonyl (C=O) groups excluding carboxylic acids is 1. The van der Waals surface area contributed by atoms with Crippen LogP contribution in [0.15, 0.2) is 30.3 Å². The van der Waals surface area contributed by atoms with Gasteiger partial charge in [0.05, 0.1) is 5.56 Å². The lowest BCUT2D eigenvalue weighted by Gasteiger charge is -2.26. The van der Waals surface area contributed by atoms with Crippen molar-refractivity contribution in [2.45, 2.75) is 52.2 Å². The van der Waals surface area contributed by atoms with Gasteiger partial charge < -0.3 is 15.1 Å². The molecule has 0 radical (unpaired) electrons.